The summed E-state index contributed by atoms with van der Waals surface area (Å²) in [5, 5.41) is 2.90. The Morgan fingerprint density at radius 1 is 1.24 bits per heavy atom. The van der Waals surface area contributed by atoms with Gasteiger partial charge in [0.1, 0.15) is 5.82 Å². The molecule has 0 aliphatic heterocycles. The number of aromatic nitrogens is 2. The van der Waals surface area contributed by atoms with Crippen molar-refractivity contribution in [3.63, 3.8) is 0 Å². The van der Waals surface area contributed by atoms with Crippen LogP contribution in [0, 0.1) is 0 Å². The Kier molecular flexibility index (Phi) is 6.36. The third-order valence-corrected chi connectivity index (χ3v) is 5.01. The van der Waals surface area contributed by atoms with E-state index in [1.165, 1.54) is 18.4 Å². The molecule has 1 aromatic heterocycles. The molecule has 1 amide bonds. The molecule has 0 aliphatic rings. The number of imidazole rings is 1. The summed E-state index contributed by atoms with van der Waals surface area (Å²) >= 11 is 0. The van der Waals surface area contributed by atoms with Crippen LogP contribution < -0.4 is 5.32 Å². The van der Waals surface area contributed by atoms with E-state index in [0.717, 1.165) is 24.4 Å². The molecular weight excluding hydrogens is 338 g/mol. The highest BCUT2D eigenvalue weighted by atomic mass is 32.2. The molecule has 2 rings (SSSR count). The van der Waals surface area contributed by atoms with Gasteiger partial charge in [-0.1, -0.05) is 26.0 Å². The minimum atomic E-state index is -3.20. The molecule has 7 heteroatoms. The van der Waals surface area contributed by atoms with Gasteiger partial charge in [-0.3, -0.25) is 4.79 Å². The fourth-order valence-corrected chi connectivity index (χ4v) is 3.22. The first kappa shape index (κ1) is 19.2. The lowest BCUT2D eigenvalue weighted by Gasteiger charge is -2.11. The average Bonchev–Trinajstić information content (AvgIpc) is 3.00. The van der Waals surface area contributed by atoms with Crippen molar-refractivity contribution in [1.82, 2.24) is 14.9 Å². The van der Waals surface area contributed by atoms with E-state index in [-0.39, 0.29) is 17.2 Å². The monoisotopic (exact) mass is 363 g/mol. The molecule has 2 aromatic rings. The number of sulfone groups is 1. The number of carbonyl (C=O) groups excluding carboxylic acids is 1. The first-order valence-corrected chi connectivity index (χ1v) is 10.2. The number of hydrogen-bond donors (Lipinski definition) is 1. The number of nitrogens with one attached hydrogen (secondary N) is 1. The van der Waals surface area contributed by atoms with E-state index in [0.29, 0.717) is 12.5 Å². The number of aryl methyl sites for hydroxylation is 1. The summed E-state index contributed by atoms with van der Waals surface area (Å²) in [4.78, 5) is 16.6. The van der Waals surface area contributed by atoms with Crippen molar-refractivity contribution in [3.8, 4) is 0 Å². The van der Waals surface area contributed by atoms with E-state index in [1.54, 1.807) is 18.3 Å². The standard InChI is InChI=1S/C18H25N3O3S/c1-14(2)18-20-10-12-21(18)11-4-9-19-17(22)13-15-5-7-16(8-6-15)25(3,23)24/h5-8,10,12,14H,4,9,11,13H2,1-3H3,(H,19,22). The van der Waals surface area contributed by atoms with Crippen LogP contribution in [-0.4, -0.2) is 36.7 Å². The molecule has 0 saturated heterocycles. The van der Waals surface area contributed by atoms with E-state index < -0.39 is 9.84 Å². The third-order valence-electron chi connectivity index (χ3n) is 3.88. The molecule has 0 aliphatic carbocycles. The fraction of sp³-hybridized carbons (Fsp3) is 0.444. The Morgan fingerprint density at radius 2 is 1.92 bits per heavy atom. The number of nitrogens with zero attached hydrogens (tertiary/aromatic N) is 2. The minimum absolute atomic E-state index is 0.0678. The molecule has 6 nitrogen and oxygen atoms in total. The number of carbonyl (C=O) groups is 1. The Bertz CT molecular complexity index is 808. The smallest absolute Gasteiger partial charge is 0.224 e. The summed E-state index contributed by atoms with van der Waals surface area (Å²) in [6, 6.07) is 6.42. The normalized spacial score (nSPS) is 11.7. The second-order valence-electron chi connectivity index (χ2n) is 6.43. The molecule has 0 bridgehead atoms. The molecule has 0 saturated carbocycles. The van der Waals surface area contributed by atoms with Crippen molar-refractivity contribution in [2.75, 3.05) is 12.8 Å². The molecule has 0 unspecified atom stereocenters. The maximum atomic E-state index is 12.0. The zero-order valence-corrected chi connectivity index (χ0v) is 15.7. The van der Waals surface area contributed by atoms with Gasteiger partial charge in [-0.2, -0.15) is 0 Å². The summed E-state index contributed by atoms with van der Waals surface area (Å²) in [5.74, 6) is 1.36. The van der Waals surface area contributed by atoms with Crippen LogP contribution in [0.1, 0.15) is 37.6 Å². The largest absolute Gasteiger partial charge is 0.356 e. The second kappa shape index (κ2) is 8.29. The zero-order valence-electron chi connectivity index (χ0n) is 14.9. The lowest BCUT2D eigenvalue weighted by atomic mass is 10.1. The van der Waals surface area contributed by atoms with E-state index in [2.05, 4.69) is 28.7 Å². The summed E-state index contributed by atoms with van der Waals surface area (Å²) in [7, 11) is -3.20. The molecule has 0 atom stereocenters. The zero-order chi connectivity index (χ0) is 18.4. The highest BCUT2D eigenvalue weighted by molar-refractivity contribution is 7.90. The molecule has 0 fully saturated rings. The van der Waals surface area contributed by atoms with Crippen molar-refractivity contribution >= 4 is 15.7 Å². The third kappa shape index (κ3) is 5.70. The SMILES string of the molecule is CC(C)c1nccn1CCCNC(=O)Cc1ccc(S(C)(=O)=O)cc1. The summed E-state index contributed by atoms with van der Waals surface area (Å²) in [6.07, 6.45) is 6.00. The van der Waals surface area contributed by atoms with Gasteiger partial charge >= 0.3 is 0 Å². The number of hydrogen-bond acceptors (Lipinski definition) is 4. The quantitative estimate of drug-likeness (QED) is 0.729. The number of benzene rings is 1. The van der Waals surface area contributed by atoms with Gasteiger partial charge in [0.05, 0.1) is 11.3 Å². The molecular formula is C18H25N3O3S. The lowest BCUT2D eigenvalue weighted by Crippen LogP contribution is -2.27. The van der Waals surface area contributed by atoms with Crippen LogP contribution >= 0.6 is 0 Å². The summed E-state index contributed by atoms with van der Waals surface area (Å²) in [5.41, 5.74) is 0.793. The van der Waals surface area contributed by atoms with Gasteiger partial charge in [-0.25, -0.2) is 13.4 Å². The van der Waals surface area contributed by atoms with Gasteiger partial charge in [-0.05, 0) is 24.1 Å². The first-order valence-electron chi connectivity index (χ1n) is 8.34. The Morgan fingerprint density at radius 3 is 2.52 bits per heavy atom. The van der Waals surface area contributed by atoms with Gasteiger partial charge < -0.3 is 9.88 Å². The van der Waals surface area contributed by atoms with Crippen LogP contribution in [0.4, 0.5) is 0 Å². The van der Waals surface area contributed by atoms with Crippen LogP contribution in [0.3, 0.4) is 0 Å². The van der Waals surface area contributed by atoms with Crippen LogP contribution in [0.5, 0.6) is 0 Å². The minimum Gasteiger partial charge on any atom is -0.356 e. The van der Waals surface area contributed by atoms with Crippen molar-refractivity contribution in [2.24, 2.45) is 0 Å². The summed E-state index contributed by atoms with van der Waals surface area (Å²) < 4.78 is 24.9. The molecule has 1 aromatic carbocycles. The Labute approximate surface area is 149 Å². The van der Waals surface area contributed by atoms with Gasteiger partial charge in [-0.15, -0.1) is 0 Å². The maximum absolute atomic E-state index is 12.0. The van der Waals surface area contributed by atoms with E-state index in [1.807, 2.05) is 6.20 Å². The van der Waals surface area contributed by atoms with Crippen molar-refractivity contribution in [3.05, 3.63) is 48.0 Å². The van der Waals surface area contributed by atoms with Crippen LogP contribution in [0.2, 0.25) is 0 Å². The Balaban J connectivity index is 1.76. The Hall–Kier alpha value is -2.15. The van der Waals surface area contributed by atoms with E-state index in [9.17, 15) is 13.2 Å². The predicted molar refractivity (Wildman–Crippen MR) is 97.2 cm³/mol. The summed E-state index contributed by atoms with van der Waals surface area (Å²) in [6.45, 7) is 5.62. The lowest BCUT2D eigenvalue weighted by molar-refractivity contribution is -0.120. The first-order chi connectivity index (χ1) is 11.8. The molecule has 0 radical (unpaired) electrons. The molecule has 25 heavy (non-hydrogen) atoms. The fourth-order valence-electron chi connectivity index (χ4n) is 2.59. The number of amides is 1. The van der Waals surface area contributed by atoms with Crippen LogP contribution in [0.25, 0.3) is 0 Å². The predicted octanol–water partition coefficient (Wildman–Crippen LogP) is 2.16. The van der Waals surface area contributed by atoms with E-state index in [4.69, 9.17) is 0 Å². The molecule has 0 spiro atoms. The second-order valence-corrected chi connectivity index (χ2v) is 8.45. The number of rotatable bonds is 8. The average molecular weight is 363 g/mol. The highest BCUT2D eigenvalue weighted by Gasteiger charge is 2.09. The van der Waals surface area contributed by atoms with Gasteiger partial charge in [0.2, 0.25) is 5.91 Å². The van der Waals surface area contributed by atoms with Crippen LogP contribution in [-0.2, 0) is 27.6 Å². The molecule has 1 heterocycles. The van der Waals surface area contributed by atoms with Crippen molar-refractivity contribution in [1.29, 1.82) is 0 Å². The molecule has 1 N–H and O–H groups in total. The van der Waals surface area contributed by atoms with E-state index >= 15 is 0 Å². The maximum Gasteiger partial charge on any atom is 0.224 e. The van der Waals surface area contributed by atoms with Gasteiger partial charge in [0, 0.05) is 37.7 Å². The van der Waals surface area contributed by atoms with Gasteiger partial charge in [0.25, 0.3) is 0 Å². The molecule has 136 valence electrons. The van der Waals surface area contributed by atoms with Crippen molar-refractivity contribution < 1.29 is 13.2 Å². The van der Waals surface area contributed by atoms with Crippen LogP contribution in [0.15, 0.2) is 41.6 Å². The van der Waals surface area contributed by atoms with Crippen molar-refractivity contribution in [2.45, 2.75) is 44.0 Å². The topological polar surface area (TPSA) is 81.1 Å². The van der Waals surface area contributed by atoms with Gasteiger partial charge in [0.15, 0.2) is 9.84 Å². The highest BCUT2D eigenvalue weighted by Crippen LogP contribution is 2.12.